The predicted octanol–water partition coefficient (Wildman–Crippen LogP) is 2.81. The highest BCUT2D eigenvalue weighted by molar-refractivity contribution is 7.99. The Hall–Kier alpha value is 0.270. The summed E-state index contributed by atoms with van der Waals surface area (Å²) in [6.07, 6.45) is 7.87. The standard InChI is InChI=1S/C13H25NOS/c1-11(9-14)10-16-12-4-7-15-13(8-12)5-2-3-6-13/h11-12H,2-10,14H2,1H3. The topological polar surface area (TPSA) is 35.2 Å². The first kappa shape index (κ1) is 12.7. The van der Waals surface area contributed by atoms with Crippen molar-refractivity contribution in [2.45, 2.75) is 56.3 Å². The predicted molar refractivity (Wildman–Crippen MR) is 70.8 cm³/mol. The molecule has 0 radical (unpaired) electrons. The third-order valence-electron chi connectivity index (χ3n) is 3.98. The van der Waals surface area contributed by atoms with E-state index < -0.39 is 0 Å². The Morgan fingerprint density at radius 1 is 1.44 bits per heavy atom. The summed E-state index contributed by atoms with van der Waals surface area (Å²) in [6.45, 7) is 4.05. The normalized spacial score (nSPS) is 30.8. The fourth-order valence-corrected chi connectivity index (χ4v) is 4.28. The van der Waals surface area contributed by atoms with Crippen LogP contribution in [0.4, 0.5) is 0 Å². The van der Waals surface area contributed by atoms with Gasteiger partial charge in [0.15, 0.2) is 0 Å². The molecule has 2 nitrogen and oxygen atoms in total. The minimum absolute atomic E-state index is 0.280. The highest BCUT2D eigenvalue weighted by Crippen LogP contribution is 2.43. The molecule has 1 saturated heterocycles. The van der Waals surface area contributed by atoms with Gasteiger partial charge in [-0.05, 0) is 43.9 Å². The third kappa shape index (κ3) is 3.14. The SMILES string of the molecule is CC(CN)CSC1CCOC2(CCCC2)C1. The van der Waals surface area contributed by atoms with Gasteiger partial charge in [-0.25, -0.2) is 0 Å². The van der Waals surface area contributed by atoms with Gasteiger partial charge in [0.1, 0.15) is 0 Å². The zero-order valence-corrected chi connectivity index (χ0v) is 11.2. The lowest BCUT2D eigenvalue weighted by Crippen LogP contribution is -2.38. The molecule has 16 heavy (non-hydrogen) atoms. The Kier molecular flexibility index (Phi) is 4.57. The van der Waals surface area contributed by atoms with Crippen LogP contribution in [0.5, 0.6) is 0 Å². The van der Waals surface area contributed by atoms with E-state index in [1.165, 1.54) is 44.3 Å². The molecule has 2 N–H and O–H groups in total. The van der Waals surface area contributed by atoms with Gasteiger partial charge in [-0.2, -0.15) is 11.8 Å². The molecule has 2 unspecified atom stereocenters. The van der Waals surface area contributed by atoms with E-state index in [9.17, 15) is 0 Å². The average Bonchev–Trinajstić information content (AvgIpc) is 2.74. The van der Waals surface area contributed by atoms with E-state index in [2.05, 4.69) is 18.7 Å². The summed E-state index contributed by atoms with van der Waals surface area (Å²) in [7, 11) is 0. The molecule has 1 aliphatic heterocycles. The van der Waals surface area contributed by atoms with Gasteiger partial charge in [0, 0.05) is 11.9 Å². The minimum Gasteiger partial charge on any atom is -0.375 e. The van der Waals surface area contributed by atoms with Crippen LogP contribution >= 0.6 is 11.8 Å². The number of ether oxygens (including phenoxy) is 1. The number of hydrogen-bond donors (Lipinski definition) is 1. The van der Waals surface area contributed by atoms with Crippen molar-refractivity contribution >= 4 is 11.8 Å². The second-order valence-electron chi connectivity index (χ2n) is 5.53. The highest BCUT2D eigenvalue weighted by atomic mass is 32.2. The highest BCUT2D eigenvalue weighted by Gasteiger charge is 2.39. The van der Waals surface area contributed by atoms with Crippen LogP contribution in [0.25, 0.3) is 0 Å². The summed E-state index contributed by atoms with van der Waals surface area (Å²) < 4.78 is 6.05. The first-order valence-electron chi connectivity index (χ1n) is 6.70. The van der Waals surface area contributed by atoms with Gasteiger partial charge >= 0.3 is 0 Å². The molecule has 0 aromatic carbocycles. The molecule has 2 fully saturated rings. The molecule has 1 heterocycles. The fourth-order valence-electron chi connectivity index (χ4n) is 2.86. The van der Waals surface area contributed by atoms with Crippen LogP contribution in [0.1, 0.15) is 45.4 Å². The lowest BCUT2D eigenvalue weighted by atomic mass is 9.92. The van der Waals surface area contributed by atoms with Crippen molar-refractivity contribution in [1.82, 2.24) is 0 Å². The van der Waals surface area contributed by atoms with Crippen LogP contribution < -0.4 is 5.73 Å². The quantitative estimate of drug-likeness (QED) is 0.824. The van der Waals surface area contributed by atoms with Gasteiger partial charge in [0.25, 0.3) is 0 Å². The van der Waals surface area contributed by atoms with Gasteiger partial charge in [-0.3, -0.25) is 0 Å². The monoisotopic (exact) mass is 243 g/mol. The van der Waals surface area contributed by atoms with Gasteiger partial charge < -0.3 is 10.5 Å². The smallest absolute Gasteiger partial charge is 0.0693 e. The van der Waals surface area contributed by atoms with Crippen molar-refractivity contribution in [3.05, 3.63) is 0 Å². The summed E-state index contributed by atoms with van der Waals surface area (Å²) in [5.74, 6) is 1.88. The lowest BCUT2D eigenvalue weighted by Gasteiger charge is -2.38. The average molecular weight is 243 g/mol. The van der Waals surface area contributed by atoms with E-state index in [1.807, 2.05) is 0 Å². The molecular weight excluding hydrogens is 218 g/mol. The Morgan fingerprint density at radius 3 is 2.88 bits per heavy atom. The van der Waals surface area contributed by atoms with Crippen molar-refractivity contribution in [3.63, 3.8) is 0 Å². The van der Waals surface area contributed by atoms with E-state index >= 15 is 0 Å². The number of hydrogen-bond acceptors (Lipinski definition) is 3. The third-order valence-corrected chi connectivity index (χ3v) is 5.62. The molecule has 1 saturated carbocycles. The Bertz CT molecular complexity index is 216. The van der Waals surface area contributed by atoms with Crippen molar-refractivity contribution < 1.29 is 4.74 Å². The first-order chi connectivity index (χ1) is 7.74. The molecule has 2 rings (SSSR count). The minimum atomic E-state index is 0.280. The maximum atomic E-state index is 6.05. The van der Waals surface area contributed by atoms with Crippen molar-refractivity contribution in [2.24, 2.45) is 11.7 Å². The molecular formula is C13H25NOS. The van der Waals surface area contributed by atoms with Crippen LogP contribution in [0, 0.1) is 5.92 Å². The molecule has 0 aromatic rings. The van der Waals surface area contributed by atoms with E-state index in [4.69, 9.17) is 10.5 Å². The number of thioether (sulfide) groups is 1. The molecule has 94 valence electrons. The lowest BCUT2D eigenvalue weighted by molar-refractivity contribution is -0.0704. The summed E-state index contributed by atoms with van der Waals surface area (Å²) in [5, 5.41) is 0.820. The maximum absolute atomic E-state index is 6.05. The first-order valence-corrected chi connectivity index (χ1v) is 7.75. The molecule has 2 aliphatic rings. The molecule has 1 spiro atoms. The van der Waals surface area contributed by atoms with E-state index in [0.717, 1.165) is 18.4 Å². The van der Waals surface area contributed by atoms with Gasteiger partial charge in [0.05, 0.1) is 5.60 Å². The summed E-state index contributed by atoms with van der Waals surface area (Å²) in [4.78, 5) is 0. The van der Waals surface area contributed by atoms with Gasteiger partial charge in [-0.1, -0.05) is 19.8 Å². The Balaban J connectivity index is 1.78. The van der Waals surface area contributed by atoms with Crippen molar-refractivity contribution in [3.8, 4) is 0 Å². The van der Waals surface area contributed by atoms with Crippen molar-refractivity contribution in [1.29, 1.82) is 0 Å². The second-order valence-corrected chi connectivity index (χ2v) is 6.86. The summed E-state index contributed by atoms with van der Waals surface area (Å²) in [5.41, 5.74) is 5.94. The molecule has 2 atom stereocenters. The molecule has 3 heteroatoms. The Morgan fingerprint density at radius 2 is 2.19 bits per heavy atom. The van der Waals surface area contributed by atoms with E-state index in [1.54, 1.807) is 0 Å². The summed E-state index contributed by atoms with van der Waals surface area (Å²) >= 11 is 2.13. The van der Waals surface area contributed by atoms with E-state index in [-0.39, 0.29) is 5.60 Å². The van der Waals surface area contributed by atoms with E-state index in [0.29, 0.717) is 5.92 Å². The van der Waals surface area contributed by atoms with Crippen LogP contribution in [-0.2, 0) is 4.74 Å². The van der Waals surface area contributed by atoms with Crippen LogP contribution in [0.3, 0.4) is 0 Å². The zero-order chi connectivity index (χ0) is 11.4. The van der Waals surface area contributed by atoms with Crippen molar-refractivity contribution in [2.75, 3.05) is 18.9 Å². The zero-order valence-electron chi connectivity index (χ0n) is 10.4. The molecule has 0 aromatic heterocycles. The van der Waals surface area contributed by atoms with Crippen LogP contribution in [-0.4, -0.2) is 29.8 Å². The van der Waals surface area contributed by atoms with Crippen LogP contribution in [0.2, 0.25) is 0 Å². The largest absolute Gasteiger partial charge is 0.375 e. The maximum Gasteiger partial charge on any atom is 0.0693 e. The van der Waals surface area contributed by atoms with Gasteiger partial charge in [-0.15, -0.1) is 0 Å². The number of rotatable bonds is 4. The second kappa shape index (κ2) is 5.74. The van der Waals surface area contributed by atoms with Gasteiger partial charge in [0.2, 0.25) is 0 Å². The number of nitrogens with two attached hydrogens (primary N) is 1. The summed E-state index contributed by atoms with van der Waals surface area (Å²) in [6, 6.07) is 0. The fraction of sp³-hybridized carbons (Fsp3) is 1.00. The molecule has 0 amide bonds. The molecule has 1 aliphatic carbocycles. The van der Waals surface area contributed by atoms with Crippen LogP contribution in [0.15, 0.2) is 0 Å². The molecule has 0 bridgehead atoms. The Labute approximate surface area is 104 Å².